The van der Waals surface area contributed by atoms with Gasteiger partial charge in [-0.2, -0.15) is 0 Å². The van der Waals surface area contributed by atoms with Crippen LogP contribution in [0.3, 0.4) is 0 Å². The maximum Gasteiger partial charge on any atom is 0.136 e. The van der Waals surface area contributed by atoms with E-state index in [1.165, 1.54) is 12.8 Å². The Labute approximate surface area is 77.9 Å². The van der Waals surface area contributed by atoms with E-state index < -0.39 is 0 Å². The van der Waals surface area contributed by atoms with Gasteiger partial charge in [-0.25, -0.2) is 0 Å². The first-order chi connectivity index (χ1) is 6.38. The molecule has 6 saturated carbocycles. The van der Waals surface area contributed by atoms with E-state index in [-0.39, 0.29) is 0 Å². The van der Waals surface area contributed by atoms with Crippen LogP contribution < -0.4 is 0 Å². The fourth-order valence-corrected chi connectivity index (χ4v) is 6.61. The summed E-state index contributed by atoms with van der Waals surface area (Å²) in [6.07, 6.45) is 3.98. The molecule has 0 aliphatic heterocycles. The normalized spacial score (nSPS) is 74.9. The zero-order chi connectivity index (χ0) is 8.32. The lowest BCUT2D eigenvalue weighted by Gasteiger charge is -2.33. The van der Waals surface area contributed by atoms with Crippen LogP contribution in [0.5, 0.6) is 0 Å². The summed E-state index contributed by atoms with van der Waals surface area (Å²) in [4.78, 5) is 11.7. The van der Waals surface area contributed by atoms with Crippen molar-refractivity contribution in [3.63, 3.8) is 0 Å². The van der Waals surface area contributed by atoms with Gasteiger partial charge in [0.15, 0.2) is 0 Å². The topological polar surface area (TPSA) is 17.1 Å². The molecule has 0 heterocycles. The second-order valence-corrected chi connectivity index (χ2v) is 6.07. The molecule has 13 heavy (non-hydrogen) atoms. The Morgan fingerprint density at radius 3 is 2.31 bits per heavy atom. The van der Waals surface area contributed by atoms with Gasteiger partial charge in [-0.15, -0.1) is 0 Å². The number of ketones is 1. The highest BCUT2D eigenvalue weighted by Gasteiger charge is 2.79. The molecule has 6 aliphatic rings. The average molecular weight is 174 g/mol. The highest BCUT2D eigenvalue weighted by molar-refractivity contribution is 5.87. The van der Waals surface area contributed by atoms with E-state index in [0.29, 0.717) is 11.7 Å². The van der Waals surface area contributed by atoms with Gasteiger partial charge >= 0.3 is 0 Å². The van der Waals surface area contributed by atoms with Gasteiger partial charge in [0.2, 0.25) is 0 Å². The Hall–Kier alpha value is -0.330. The summed E-state index contributed by atoms with van der Waals surface area (Å²) in [6.45, 7) is 0. The van der Waals surface area contributed by atoms with Crippen LogP contribution in [0.1, 0.15) is 19.3 Å². The monoisotopic (exact) mass is 174 g/mol. The van der Waals surface area contributed by atoms with Gasteiger partial charge in [0.1, 0.15) is 5.78 Å². The second-order valence-electron chi connectivity index (χ2n) is 6.07. The molecular formula is C12H14O. The van der Waals surface area contributed by atoms with Gasteiger partial charge in [-0.3, -0.25) is 4.79 Å². The number of carbonyl (C=O) groups excluding carboxylic acids is 1. The first-order valence-corrected chi connectivity index (χ1v) is 5.90. The van der Waals surface area contributed by atoms with Crippen molar-refractivity contribution in [1.82, 2.24) is 0 Å². The van der Waals surface area contributed by atoms with E-state index in [4.69, 9.17) is 0 Å². The third kappa shape index (κ3) is 0.393. The first-order valence-electron chi connectivity index (χ1n) is 5.90. The summed E-state index contributed by atoms with van der Waals surface area (Å²) < 4.78 is 0. The molecule has 68 valence electrons. The molecule has 0 saturated heterocycles. The third-order valence-electron chi connectivity index (χ3n) is 6.33. The van der Waals surface area contributed by atoms with Crippen molar-refractivity contribution in [2.75, 3.05) is 0 Å². The van der Waals surface area contributed by atoms with Gasteiger partial charge in [-0.05, 0) is 54.3 Å². The van der Waals surface area contributed by atoms with E-state index in [9.17, 15) is 4.79 Å². The quantitative estimate of drug-likeness (QED) is 0.546. The van der Waals surface area contributed by atoms with Crippen molar-refractivity contribution in [2.24, 2.45) is 47.3 Å². The number of rotatable bonds is 0. The predicted molar refractivity (Wildman–Crippen MR) is 46.8 cm³/mol. The lowest BCUT2D eigenvalue weighted by atomic mass is 9.71. The number of hydrogen-bond donors (Lipinski definition) is 0. The Balaban J connectivity index is 1.79. The van der Waals surface area contributed by atoms with Crippen molar-refractivity contribution >= 4 is 5.78 Å². The van der Waals surface area contributed by atoms with Crippen LogP contribution in [0.25, 0.3) is 0 Å². The summed E-state index contributed by atoms with van der Waals surface area (Å²) in [5.41, 5.74) is 0. The van der Waals surface area contributed by atoms with E-state index in [1.54, 1.807) is 0 Å². The number of hydrogen-bond acceptors (Lipinski definition) is 1. The molecule has 0 aromatic carbocycles. The van der Waals surface area contributed by atoms with Gasteiger partial charge in [0.25, 0.3) is 0 Å². The fourth-order valence-electron chi connectivity index (χ4n) is 6.61. The smallest absolute Gasteiger partial charge is 0.136 e. The number of carbonyl (C=O) groups is 1. The number of Topliss-reactive ketones (excluding diaryl/α,β-unsaturated/α-hetero) is 1. The minimum atomic E-state index is 0.585. The maximum absolute atomic E-state index is 11.7. The molecule has 0 spiro atoms. The molecule has 6 fully saturated rings. The highest BCUT2D eigenvalue weighted by Crippen LogP contribution is 2.81. The lowest BCUT2D eigenvalue weighted by molar-refractivity contribution is -0.125. The molecule has 0 radical (unpaired) electrons. The molecule has 0 aromatic rings. The summed E-state index contributed by atoms with van der Waals surface area (Å²) in [7, 11) is 0. The van der Waals surface area contributed by atoms with Crippen molar-refractivity contribution in [1.29, 1.82) is 0 Å². The van der Waals surface area contributed by atoms with Crippen LogP contribution in [-0.4, -0.2) is 5.78 Å². The average Bonchev–Trinajstić information content (AvgIpc) is 2.78. The SMILES string of the molecule is O=C1C[C@@H]2C3C4[C@H]5CC[C@@H]4[C@@H]2[C@H]5[C@@H]13. The van der Waals surface area contributed by atoms with E-state index >= 15 is 0 Å². The summed E-state index contributed by atoms with van der Waals surface area (Å²) >= 11 is 0. The molecule has 8 bridgehead atoms. The largest absolute Gasteiger partial charge is 0.299 e. The van der Waals surface area contributed by atoms with Crippen molar-refractivity contribution in [3.8, 4) is 0 Å². The molecule has 6 aliphatic carbocycles. The molecule has 1 nitrogen and oxygen atoms in total. The first kappa shape index (κ1) is 6.21. The molecule has 0 N–H and O–H groups in total. The summed E-state index contributed by atoms with van der Waals surface area (Å²) in [5, 5.41) is 0. The van der Waals surface area contributed by atoms with Crippen molar-refractivity contribution in [2.45, 2.75) is 19.3 Å². The molecular weight excluding hydrogens is 160 g/mol. The highest BCUT2D eigenvalue weighted by atomic mass is 16.1. The molecule has 1 heteroatoms. The Morgan fingerprint density at radius 1 is 0.846 bits per heavy atom. The molecule has 0 aromatic heterocycles. The lowest BCUT2D eigenvalue weighted by Crippen LogP contribution is -2.32. The molecule has 6 rings (SSSR count). The Morgan fingerprint density at radius 2 is 1.46 bits per heavy atom. The van der Waals surface area contributed by atoms with Crippen LogP contribution >= 0.6 is 0 Å². The van der Waals surface area contributed by atoms with Gasteiger partial charge < -0.3 is 0 Å². The van der Waals surface area contributed by atoms with Gasteiger partial charge in [0, 0.05) is 12.3 Å². The summed E-state index contributed by atoms with van der Waals surface area (Å²) in [5.74, 6) is 8.12. The van der Waals surface area contributed by atoms with Crippen molar-refractivity contribution in [3.05, 3.63) is 0 Å². The van der Waals surface area contributed by atoms with Crippen LogP contribution in [0, 0.1) is 47.3 Å². The van der Waals surface area contributed by atoms with Gasteiger partial charge in [-0.1, -0.05) is 0 Å². The molecule has 8 atom stereocenters. The van der Waals surface area contributed by atoms with E-state index in [2.05, 4.69) is 0 Å². The molecule has 0 amide bonds. The van der Waals surface area contributed by atoms with Gasteiger partial charge in [0.05, 0.1) is 0 Å². The third-order valence-corrected chi connectivity index (χ3v) is 6.33. The second kappa shape index (κ2) is 1.51. The van der Waals surface area contributed by atoms with E-state index in [0.717, 1.165) is 47.8 Å². The van der Waals surface area contributed by atoms with Crippen LogP contribution in [0.15, 0.2) is 0 Å². The predicted octanol–water partition coefficient (Wildman–Crippen LogP) is 1.72. The van der Waals surface area contributed by atoms with Crippen molar-refractivity contribution < 1.29 is 4.79 Å². The van der Waals surface area contributed by atoms with E-state index in [1.807, 2.05) is 0 Å². The zero-order valence-electron chi connectivity index (χ0n) is 7.65. The van der Waals surface area contributed by atoms with Crippen LogP contribution in [-0.2, 0) is 4.79 Å². The standard InChI is InChI=1S/C12H14O/c13-7-3-6-9-4-1-2-5-8(4)11(6)12(7)10(5)9/h4-6,8-12H,1-3H2/t4-,5+,6-,8?,9-,10-,11?,12+/m0/s1. The fraction of sp³-hybridized carbons (Fsp3) is 0.917. The minimum Gasteiger partial charge on any atom is -0.299 e. The maximum atomic E-state index is 11.7. The summed E-state index contributed by atoms with van der Waals surface area (Å²) in [6, 6.07) is 0. The zero-order valence-corrected chi connectivity index (χ0v) is 7.65. The molecule has 2 unspecified atom stereocenters. The minimum absolute atomic E-state index is 0.585. The van der Waals surface area contributed by atoms with Crippen LogP contribution in [0.4, 0.5) is 0 Å². The Kier molecular flexibility index (Phi) is 0.721. The van der Waals surface area contributed by atoms with Crippen LogP contribution in [0.2, 0.25) is 0 Å². The Bertz CT molecular complexity index is 326.